The maximum atomic E-state index is 13.8. The molecule has 13 nitrogen and oxygen atoms in total. The standard InChI is InChI=1S/C46H58N3O10P/c1-29(2)49(30(3)4)60(55-25-15-22-47)54-24-14-12-11-13-23-48-40(50)31-16-19-35-34(26-31)41(51)59-46(35)36-20-17-32(56-42(52)44(5,6)7)27-38(36)58-39-28-33(18-21-37(39)46)57-43(53)45(8,9)10/h16-21,26-30H,11-15,23-25H2,1-10H3,(H,48,50). The molecule has 14 heteroatoms. The summed E-state index contributed by atoms with van der Waals surface area (Å²) in [6.07, 6.45) is 3.68. The lowest BCUT2D eigenvalue weighted by atomic mass is 9.77. The van der Waals surface area contributed by atoms with E-state index in [1.54, 1.807) is 96.1 Å². The third-order valence-corrected chi connectivity index (χ3v) is 12.0. The van der Waals surface area contributed by atoms with Crippen molar-refractivity contribution in [2.45, 2.75) is 119 Å². The maximum Gasteiger partial charge on any atom is 0.340 e. The van der Waals surface area contributed by atoms with E-state index in [0.717, 1.165) is 25.7 Å². The maximum absolute atomic E-state index is 13.8. The Morgan fingerprint density at radius 1 is 0.767 bits per heavy atom. The quantitative estimate of drug-likeness (QED) is 0.0593. The van der Waals surface area contributed by atoms with Crippen molar-refractivity contribution >= 4 is 32.3 Å². The third-order valence-electron chi connectivity index (χ3n) is 9.88. The minimum atomic E-state index is -1.49. The highest BCUT2D eigenvalue weighted by atomic mass is 31.2. The summed E-state index contributed by atoms with van der Waals surface area (Å²) in [5.74, 6) is -0.817. The minimum absolute atomic E-state index is 0.220. The number of ether oxygens (including phenoxy) is 4. The van der Waals surface area contributed by atoms with Crippen molar-refractivity contribution in [2.75, 3.05) is 19.8 Å². The molecule has 1 N–H and O–H groups in total. The van der Waals surface area contributed by atoms with Gasteiger partial charge < -0.3 is 33.3 Å². The summed E-state index contributed by atoms with van der Waals surface area (Å²) in [5, 5.41) is 11.9. The van der Waals surface area contributed by atoms with E-state index in [1.165, 1.54) is 0 Å². The largest absolute Gasteiger partial charge is 0.456 e. The van der Waals surface area contributed by atoms with E-state index in [4.69, 9.17) is 33.3 Å². The van der Waals surface area contributed by atoms with Crippen LogP contribution in [0.4, 0.5) is 0 Å². The Morgan fingerprint density at radius 3 is 1.83 bits per heavy atom. The van der Waals surface area contributed by atoms with Gasteiger partial charge in [-0.3, -0.25) is 14.4 Å². The van der Waals surface area contributed by atoms with Crippen LogP contribution < -0.4 is 19.5 Å². The molecule has 322 valence electrons. The van der Waals surface area contributed by atoms with E-state index >= 15 is 0 Å². The molecule has 0 fully saturated rings. The molecule has 1 unspecified atom stereocenters. The van der Waals surface area contributed by atoms with E-state index in [1.807, 2.05) is 0 Å². The van der Waals surface area contributed by atoms with Gasteiger partial charge in [-0.05, 0) is 118 Å². The molecule has 1 amide bonds. The molecule has 0 saturated heterocycles. The minimum Gasteiger partial charge on any atom is -0.456 e. The number of carbonyl (C=O) groups is 4. The molecule has 0 radical (unpaired) electrons. The van der Waals surface area contributed by atoms with Crippen LogP contribution in [0.15, 0.2) is 54.6 Å². The SMILES string of the molecule is CC(C)N(C(C)C)P(OCCC#N)OCCCCCCNC(=O)c1ccc2c(c1)C(=O)OC21c2ccc(OC(=O)C(C)(C)C)cc2Oc2cc(OC(=O)C(C)(C)C)ccc21. The predicted octanol–water partition coefficient (Wildman–Crippen LogP) is 9.74. The van der Waals surface area contributed by atoms with Gasteiger partial charge in [0.2, 0.25) is 0 Å². The van der Waals surface area contributed by atoms with Crippen LogP contribution in [-0.2, 0) is 29.0 Å². The summed E-state index contributed by atoms with van der Waals surface area (Å²) in [7, 11) is -1.28. The van der Waals surface area contributed by atoms with Crippen LogP contribution in [-0.4, -0.2) is 60.3 Å². The van der Waals surface area contributed by atoms with Gasteiger partial charge in [-0.15, -0.1) is 0 Å². The van der Waals surface area contributed by atoms with Crippen LogP contribution in [0.25, 0.3) is 0 Å². The topological polar surface area (TPSA) is 163 Å². The number of nitriles is 1. The van der Waals surface area contributed by atoms with E-state index in [2.05, 4.69) is 43.8 Å². The van der Waals surface area contributed by atoms with Crippen molar-refractivity contribution in [1.29, 1.82) is 5.26 Å². The highest BCUT2D eigenvalue weighted by Gasteiger charge is 2.54. The Morgan fingerprint density at radius 2 is 1.30 bits per heavy atom. The monoisotopic (exact) mass is 843 g/mol. The lowest BCUT2D eigenvalue weighted by molar-refractivity contribution is -0.143. The van der Waals surface area contributed by atoms with Crippen LogP contribution in [0.2, 0.25) is 0 Å². The summed E-state index contributed by atoms with van der Waals surface area (Å²) < 4.78 is 38.4. The Kier molecular flexibility index (Phi) is 14.8. The van der Waals surface area contributed by atoms with Crippen LogP contribution in [0.1, 0.15) is 139 Å². The highest BCUT2D eigenvalue weighted by molar-refractivity contribution is 7.44. The fourth-order valence-electron chi connectivity index (χ4n) is 6.82. The molecule has 5 rings (SSSR count). The number of esters is 3. The molecule has 2 heterocycles. The molecular formula is C46H58N3O10P. The second-order valence-corrected chi connectivity index (χ2v) is 19.0. The zero-order valence-electron chi connectivity index (χ0n) is 36.4. The zero-order valence-corrected chi connectivity index (χ0v) is 37.3. The molecule has 3 aromatic rings. The predicted molar refractivity (Wildman–Crippen MR) is 227 cm³/mol. The number of carbonyl (C=O) groups excluding carboxylic acids is 4. The van der Waals surface area contributed by atoms with E-state index in [-0.39, 0.29) is 46.6 Å². The average molecular weight is 844 g/mol. The normalized spacial score (nSPS) is 14.5. The first-order valence-corrected chi connectivity index (χ1v) is 21.7. The Hall–Kier alpha value is -4.86. The van der Waals surface area contributed by atoms with E-state index < -0.39 is 42.9 Å². The van der Waals surface area contributed by atoms with Crippen molar-refractivity contribution in [2.24, 2.45) is 10.8 Å². The number of hydrogen-bond acceptors (Lipinski definition) is 12. The zero-order chi connectivity index (χ0) is 44.0. The highest BCUT2D eigenvalue weighted by Crippen LogP contribution is 2.57. The van der Waals surface area contributed by atoms with Gasteiger partial charge >= 0.3 is 17.9 Å². The number of nitrogens with zero attached hydrogens (tertiary/aromatic N) is 2. The number of nitrogens with one attached hydrogen (secondary N) is 1. The van der Waals surface area contributed by atoms with Crippen molar-refractivity contribution in [3.8, 4) is 29.1 Å². The number of fused-ring (bicyclic) bond motifs is 6. The summed E-state index contributed by atoms with van der Waals surface area (Å²) in [5.41, 5.74) is -1.01. The smallest absolute Gasteiger partial charge is 0.340 e. The molecule has 2 aliphatic heterocycles. The van der Waals surface area contributed by atoms with Gasteiger partial charge in [0.1, 0.15) is 23.0 Å². The molecule has 0 bridgehead atoms. The lowest BCUT2D eigenvalue weighted by Crippen LogP contribution is -2.33. The average Bonchev–Trinajstić information content (AvgIpc) is 3.45. The van der Waals surface area contributed by atoms with Gasteiger partial charge in [-0.2, -0.15) is 5.26 Å². The fraction of sp³-hybridized carbons (Fsp3) is 0.500. The van der Waals surface area contributed by atoms with Gasteiger partial charge in [0.15, 0.2) is 5.60 Å². The summed E-state index contributed by atoms with van der Waals surface area (Å²) >= 11 is 0. The summed E-state index contributed by atoms with van der Waals surface area (Å²) in [6, 6.07) is 17.3. The molecular weight excluding hydrogens is 785 g/mol. The molecule has 0 aromatic heterocycles. The van der Waals surface area contributed by atoms with Crippen molar-refractivity contribution in [1.82, 2.24) is 9.99 Å². The number of amides is 1. The molecule has 1 spiro atoms. The van der Waals surface area contributed by atoms with Gasteiger partial charge in [0.25, 0.3) is 14.4 Å². The molecule has 0 aliphatic carbocycles. The van der Waals surface area contributed by atoms with Crippen LogP contribution in [0.3, 0.4) is 0 Å². The van der Waals surface area contributed by atoms with Gasteiger partial charge in [-0.25, -0.2) is 9.46 Å². The Balaban J connectivity index is 1.29. The number of rotatable bonds is 17. The van der Waals surface area contributed by atoms with Crippen molar-refractivity contribution in [3.63, 3.8) is 0 Å². The second-order valence-electron chi connectivity index (χ2n) is 17.6. The third kappa shape index (κ3) is 10.5. The number of unbranched alkanes of at least 4 members (excludes halogenated alkanes) is 3. The number of hydrogen-bond donors (Lipinski definition) is 1. The van der Waals surface area contributed by atoms with E-state index in [0.29, 0.717) is 48.4 Å². The fourth-order valence-corrected chi connectivity index (χ4v) is 8.45. The summed E-state index contributed by atoms with van der Waals surface area (Å²) in [6.45, 7) is 20.2. The first-order valence-electron chi connectivity index (χ1n) is 20.6. The first kappa shape index (κ1) is 46.2. The Labute approximate surface area is 355 Å². The molecule has 2 aliphatic rings. The van der Waals surface area contributed by atoms with Crippen LogP contribution >= 0.6 is 8.53 Å². The van der Waals surface area contributed by atoms with Crippen molar-refractivity contribution < 1.29 is 47.2 Å². The molecule has 3 aromatic carbocycles. The Bertz CT molecular complexity index is 2030. The molecule has 0 saturated carbocycles. The summed E-state index contributed by atoms with van der Waals surface area (Å²) in [4.78, 5) is 52.8. The first-order chi connectivity index (χ1) is 28.3. The van der Waals surface area contributed by atoms with Gasteiger partial charge in [-0.1, -0.05) is 18.9 Å². The number of benzene rings is 3. The van der Waals surface area contributed by atoms with Crippen molar-refractivity contribution in [3.05, 3.63) is 82.4 Å². The van der Waals surface area contributed by atoms with E-state index in [9.17, 15) is 19.2 Å². The second kappa shape index (κ2) is 19.2. The molecule has 60 heavy (non-hydrogen) atoms. The van der Waals surface area contributed by atoms with Crippen LogP contribution in [0.5, 0.6) is 23.0 Å². The lowest BCUT2D eigenvalue weighted by Gasteiger charge is -2.36. The van der Waals surface area contributed by atoms with Crippen LogP contribution in [0, 0.1) is 22.2 Å². The molecule has 1 atom stereocenters. The van der Waals surface area contributed by atoms with Gasteiger partial charge in [0.05, 0.1) is 42.1 Å². The van der Waals surface area contributed by atoms with Gasteiger partial charge in [0, 0.05) is 53.0 Å².